The number of rotatable bonds is 4. The maximum Gasteiger partial charge on any atom is 0.301 e. The molecule has 3 aromatic rings. The maximum atomic E-state index is 12.9. The SMILES string of the molecule is O=C1C(=O)N(c2nccs2)[C@@H](c2cccc([N+](=O)[O-])c2)C1=C(O)c1ccc(Br)cc1. The highest BCUT2D eigenvalue weighted by molar-refractivity contribution is 9.10. The monoisotopic (exact) mass is 485 g/mol. The molecule has 0 saturated carbocycles. The highest BCUT2D eigenvalue weighted by Gasteiger charge is 2.48. The van der Waals surface area contributed by atoms with Crippen LogP contribution in [0.15, 0.2) is 70.2 Å². The van der Waals surface area contributed by atoms with Gasteiger partial charge in [-0.3, -0.25) is 24.6 Å². The Labute approximate surface area is 182 Å². The topological polar surface area (TPSA) is 114 Å². The van der Waals surface area contributed by atoms with E-state index in [9.17, 15) is 24.8 Å². The summed E-state index contributed by atoms with van der Waals surface area (Å²) in [4.78, 5) is 41.8. The maximum absolute atomic E-state index is 12.9. The fourth-order valence-electron chi connectivity index (χ4n) is 3.25. The van der Waals surface area contributed by atoms with E-state index in [1.165, 1.54) is 24.4 Å². The van der Waals surface area contributed by atoms with Gasteiger partial charge in [0, 0.05) is 33.7 Å². The van der Waals surface area contributed by atoms with Crippen molar-refractivity contribution in [2.45, 2.75) is 6.04 Å². The number of ketones is 1. The molecular formula is C20H12BrN3O5S. The summed E-state index contributed by atoms with van der Waals surface area (Å²) in [6, 6.07) is 11.2. The molecule has 1 fully saturated rings. The molecule has 1 atom stereocenters. The summed E-state index contributed by atoms with van der Waals surface area (Å²) < 4.78 is 0.775. The fraction of sp³-hybridized carbons (Fsp3) is 0.0500. The van der Waals surface area contributed by atoms with Gasteiger partial charge < -0.3 is 5.11 Å². The molecule has 0 spiro atoms. The second kappa shape index (κ2) is 7.81. The number of non-ortho nitro benzene ring substituents is 1. The molecule has 4 rings (SSSR count). The second-order valence-electron chi connectivity index (χ2n) is 6.34. The van der Waals surface area contributed by atoms with Gasteiger partial charge in [-0.2, -0.15) is 0 Å². The van der Waals surface area contributed by atoms with Gasteiger partial charge in [-0.25, -0.2) is 4.98 Å². The van der Waals surface area contributed by atoms with Crippen LogP contribution in [0.4, 0.5) is 10.8 Å². The van der Waals surface area contributed by atoms with Crippen LogP contribution in [0.25, 0.3) is 5.76 Å². The number of hydrogen-bond acceptors (Lipinski definition) is 7. The zero-order chi connectivity index (χ0) is 21.4. The summed E-state index contributed by atoms with van der Waals surface area (Å²) >= 11 is 4.45. The quantitative estimate of drug-likeness (QED) is 0.192. The van der Waals surface area contributed by atoms with Gasteiger partial charge in [0.05, 0.1) is 16.5 Å². The van der Waals surface area contributed by atoms with E-state index in [-0.39, 0.29) is 22.2 Å². The zero-order valence-electron chi connectivity index (χ0n) is 15.1. The van der Waals surface area contributed by atoms with Crippen molar-refractivity contribution in [1.82, 2.24) is 4.98 Å². The molecule has 8 nitrogen and oxygen atoms in total. The van der Waals surface area contributed by atoms with E-state index >= 15 is 0 Å². The van der Waals surface area contributed by atoms with Crippen LogP contribution in [0.5, 0.6) is 0 Å². The van der Waals surface area contributed by atoms with E-state index in [1.807, 2.05) is 0 Å². The molecule has 1 aliphatic rings. The molecule has 1 aromatic heterocycles. The van der Waals surface area contributed by atoms with Crippen LogP contribution in [-0.4, -0.2) is 26.7 Å². The molecule has 150 valence electrons. The lowest BCUT2D eigenvalue weighted by molar-refractivity contribution is -0.384. The molecule has 1 aliphatic heterocycles. The first-order chi connectivity index (χ1) is 14.4. The van der Waals surface area contributed by atoms with Crippen molar-refractivity contribution in [3.8, 4) is 0 Å². The summed E-state index contributed by atoms with van der Waals surface area (Å²) in [5, 5.41) is 24.1. The number of benzene rings is 2. The second-order valence-corrected chi connectivity index (χ2v) is 8.13. The van der Waals surface area contributed by atoms with E-state index in [4.69, 9.17) is 0 Å². The van der Waals surface area contributed by atoms with Gasteiger partial charge in [-0.15, -0.1) is 11.3 Å². The van der Waals surface area contributed by atoms with Gasteiger partial charge in [0.15, 0.2) is 5.13 Å². The molecule has 30 heavy (non-hydrogen) atoms. The minimum Gasteiger partial charge on any atom is -0.507 e. The predicted molar refractivity (Wildman–Crippen MR) is 114 cm³/mol. The fourth-order valence-corrected chi connectivity index (χ4v) is 4.18. The molecule has 1 saturated heterocycles. The largest absolute Gasteiger partial charge is 0.507 e. The number of Topliss-reactive ketones (excluding diaryl/α,β-unsaturated/α-hetero) is 1. The Balaban J connectivity index is 1.95. The van der Waals surface area contributed by atoms with Gasteiger partial charge in [-0.1, -0.05) is 40.2 Å². The molecule has 2 aromatic carbocycles. The molecule has 0 bridgehead atoms. The average molecular weight is 486 g/mol. The number of aliphatic hydroxyl groups is 1. The predicted octanol–water partition coefficient (Wildman–Crippen LogP) is 4.44. The van der Waals surface area contributed by atoms with Crippen molar-refractivity contribution >= 4 is 55.5 Å². The molecule has 1 amide bonds. The number of hydrogen-bond donors (Lipinski definition) is 1. The normalized spacial score (nSPS) is 18.0. The summed E-state index contributed by atoms with van der Waals surface area (Å²) in [7, 11) is 0. The lowest BCUT2D eigenvalue weighted by Gasteiger charge is -2.22. The number of carbonyl (C=O) groups is 2. The van der Waals surface area contributed by atoms with Crippen molar-refractivity contribution in [3.05, 3.63) is 91.4 Å². The van der Waals surface area contributed by atoms with Crippen LogP contribution in [0.2, 0.25) is 0 Å². The zero-order valence-corrected chi connectivity index (χ0v) is 17.5. The summed E-state index contributed by atoms with van der Waals surface area (Å²) in [5.41, 5.74) is 0.307. The lowest BCUT2D eigenvalue weighted by Crippen LogP contribution is -2.29. The lowest BCUT2D eigenvalue weighted by atomic mass is 9.95. The average Bonchev–Trinajstić information content (AvgIpc) is 3.35. The first kappa shape index (κ1) is 19.9. The smallest absolute Gasteiger partial charge is 0.301 e. The van der Waals surface area contributed by atoms with E-state index in [1.54, 1.807) is 35.7 Å². The van der Waals surface area contributed by atoms with Crippen molar-refractivity contribution in [1.29, 1.82) is 0 Å². The molecule has 10 heteroatoms. The first-order valence-corrected chi connectivity index (χ1v) is 10.3. The first-order valence-electron chi connectivity index (χ1n) is 8.59. The van der Waals surface area contributed by atoms with Crippen LogP contribution in [0.3, 0.4) is 0 Å². The Kier molecular flexibility index (Phi) is 5.18. The van der Waals surface area contributed by atoms with E-state index < -0.39 is 22.7 Å². The van der Waals surface area contributed by atoms with Crippen molar-refractivity contribution in [2.24, 2.45) is 0 Å². The third-order valence-corrected chi connectivity index (χ3v) is 5.88. The number of halogens is 1. The number of nitro groups is 1. The molecular weight excluding hydrogens is 474 g/mol. The van der Waals surface area contributed by atoms with Crippen LogP contribution in [0, 0.1) is 10.1 Å². The molecule has 0 aliphatic carbocycles. The Bertz CT molecular complexity index is 1190. The number of anilines is 1. The summed E-state index contributed by atoms with van der Waals surface area (Å²) in [6.45, 7) is 0. The van der Waals surface area contributed by atoms with Gasteiger partial charge in [0.2, 0.25) is 0 Å². The van der Waals surface area contributed by atoms with Gasteiger partial charge in [-0.05, 0) is 17.7 Å². The highest BCUT2D eigenvalue weighted by atomic mass is 79.9. The van der Waals surface area contributed by atoms with Crippen LogP contribution in [0.1, 0.15) is 17.2 Å². The number of aromatic nitrogens is 1. The highest BCUT2D eigenvalue weighted by Crippen LogP contribution is 2.43. The molecule has 0 radical (unpaired) electrons. The Morgan fingerprint density at radius 1 is 1.20 bits per heavy atom. The Hall–Kier alpha value is -3.37. The minimum atomic E-state index is -1.06. The van der Waals surface area contributed by atoms with Crippen molar-refractivity contribution in [2.75, 3.05) is 4.90 Å². The molecule has 2 heterocycles. The van der Waals surface area contributed by atoms with E-state index in [0.717, 1.165) is 20.7 Å². The third-order valence-electron chi connectivity index (χ3n) is 4.58. The number of carbonyl (C=O) groups excluding carboxylic acids is 2. The van der Waals surface area contributed by atoms with Crippen molar-refractivity contribution in [3.63, 3.8) is 0 Å². The third kappa shape index (κ3) is 3.40. The van der Waals surface area contributed by atoms with E-state index in [2.05, 4.69) is 20.9 Å². The molecule has 0 unspecified atom stereocenters. The number of thiazole rings is 1. The molecule has 1 N–H and O–H groups in total. The van der Waals surface area contributed by atoms with E-state index in [0.29, 0.717) is 11.1 Å². The summed E-state index contributed by atoms with van der Waals surface area (Å²) in [5.74, 6) is -2.11. The van der Waals surface area contributed by atoms with Gasteiger partial charge in [0.1, 0.15) is 5.76 Å². The van der Waals surface area contributed by atoms with Gasteiger partial charge >= 0.3 is 5.91 Å². The number of amides is 1. The van der Waals surface area contributed by atoms with Gasteiger partial charge in [0.25, 0.3) is 11.5 Å². The number of nitrogens with zero attached hydrogens (tertiary/aromatic N) is 3. The standard InChI is InChI=1S/C20H12BrN3O5S/c21-13-6-4-11(5-7-13)17(25)15-16(12-2-1-3-14(10-12)24(28)29)23(19(27)18(15)26)20-22-8-9-30-20/h1-10,16,25H/t16-/m0/s1. The van der Waals surface area contributed by atoms with Crippen LogP contribution < -0.4 is 4.90 Å². The van der Waals surface area contributed by atoms with Crippen LogP contribution in [-0.2, 0) is 9.59 Å². The van der Waals surface area contributed by atoms with Crippen molar-refractivity contribution < 1.29 is 19.6 Å². The Morgan fingerprint density at radius 3 is 2.57 bits per heavy atom. The number of nitro benzene ring substituents is 1. The summed E-state index contributed by atoms with van der Waals surface area (Å²) in [6.07, 6.45) is 1.48. The number of aliphatic hydroxyl groups excluding tert-OH is 1. The van der Waals surface area contributed by atoms with Crippen LogP contribution >= 0.6 is 27.3 Å². The Morgan fingerprint density at radius 2 is 1.93 bits per heavy atom. The minimum absolute atomic E-state index is 0.155.